The Bertz CT molecular complexity index is 425. The lowest BCUT2D eigenvalue weighted by Gasteiger charge is -2.32. The zero-order chi connectivity index (χ0) is 14.0. The molecule has 2 aliphatic rings. The number of nitrogens with one attached hydrogen (secondary N) is 1. The SMILES string of the molecule is CC(C(=O)N(CC1CCCCN1)C1CC1)S(C)(=O)=O. The fourth-order valence-electron chi connectivity index (χ4n) is 2.54. The molecule has 1 heterocycles. The van der Waals surface area contributed by atoms with Crippen LogP contribution in [0.3, 0.4) is 0 Å². The van der Waals surface area contributed by atoms with Crippen LogP contribution < -0.4 is 5.32 Å². The van der Waals surface area contributed by atoms with Gasteiger partial charge in [-0.15, -0.1) is 0 Å². The number of carbonyl (C=O) groups is 1. The molecule has 0 aromatic rings. The Labute approximate surface area is 115 Å². The molecular weight excluding hydrogens is 264 g/mol. The molecule has 1 saturated heterocycles. The maximum Gasteiger partial charge on any atom is 0.240 e. The van der Waals surface area contributed by atoms with Crippen molar-refractivity contribution in [3.63, 3.8) is 0 Å². The minimum Gasteiger partial charge on any atom is -0.337 e. The minimum absolute atomic E-state index is 0.225. The summed E-state index contributed by atoms with van der Waals surface area (Å²) in [6.07, 6.45) is 6.60. The Morgan fingerprint density at radius 3 is 2.47 bits per heavy atom. The van der Waals surface area contributed by atoms with Gasteiger partial charge in [-0.1, -0.05) is 6.42 Å². The van der Waals surface area contributed by atoms with E-state index in [0.29, 0.717) is 12.6 Å². The predicted octanol–water partition coefficient (Wildman–Crippen LogP) is 0.553. The van der Waals surface area contributed by atoms with Crippen molar-refractivity contribution in [3.05, 3.63) is 0 Å². The standard InChI is InChI=1S/C13H24N2O3S/c1-10(19(2,17)18)13(16)15(12-6-7-12)9-11-5-3-4-8-14-11/h10-12,14H,3-9H2,1-2H3. The number of carbonyl (C=O) groups excluding carboxylic acids is 1. The maximum atomic E-state index is 12.4. The van der Waals surface area contributed by atoms with Crippen LogP contribution in [0.25, 0.3) is 0 Å². The molecule has 0 aromatic carbocycles. The summed E-state index contributed by atoms with van der Waals surface area (Å²) in [6, 6.07) is 0.588. The fraction of sp³-hybridized carbons (Fsp3) is 0.923. The van der Waals surface area contributed by atoms with Gasteiger partial charge >= 0.3 is 0 Å². The van der Waals surface area contributed by atoms with Crippen LogP contribution in [0.1, 0.15) is 39.0 Å². The van der Waals surface area contributed by atoms with E-state index in [2.05, 4.69) is 5.32 Å². The second kappa shape index (κ2) is 5.79. The lowest BCUT2D eigenvalue weighted by molar-refractivity contribution is -0.131. The van der Waals surface area contributed by atoms with Crippen LogP contribution in [0.2, 0.25) is 0 Å². The summed E-state index contributed by atoms with van der Waals surface area (Å²) in [7, 11) is -3.31. The summed E-state index contributed by atoms with van der Waals surface area (Å²) in [5.41, 5.74) is 0. The van der Waals surface area contributed by atoms with E-state index in [9.17, 15) is 13.2 Å². The normalized spacial score (nSPS) is 25.9. The van der Waals surface area contributed by atoms with E-state index in [0.717, 1.165) is 32.1 Å². The molecule has 1 N–H and O–H groups in total. The molecule has 6 heteroatoms. The van der Waals surface area contributed by atoms with Crippen molar-refractivity contribution in [1.29, 1.82) is 0 Å². The van der Waals surface area contributed by atoms with E-state index in [1.54, 1.807) is 4.90 Å². The van der Waals surface area contributed by atoms with Crippen LogP contribution in [0, 0.1) is 0 Å². The number of hydrogen-bond donors (Lipinski definition) is 1. The van der Waals surface area contributed by atoms with Crippen LogP contribution in [-0.2, 0) is 14.6 Å². The first-order valence-electron chi connectivity index (χ1n) is 7.12. The zero-order valence-corrected chi connectivity index (χ0v) is 12.6. The average molecular weight is 288 g/mol. The van der Waals surface area contributed by atoms with Gasteiger partial charge in [0.1, 0.15) is 5.25 Å². The Kier molecular flexibility index (Phi) is 4.50. The molecule has 0 aromatic heterocycles. The predicted molar refractivity (Wildman–Crippen MR) is 74.7 cm³/mol. The van der Waals surface area contributed by atoms with E-state index in [4.69, 9.17) is 0 Å². The van der Waals surface area contributed by atoms with Crippen molar-refractivity contribution in [3.8, 4) is 0 Å². The highest BCUT2D eigenvalue weighted by Crippen LogP contribution is 2.29. The Balaban J connectivity index is 2.01. The molecule has 5 nitrogen and oxygen atoms in total. The number of sulfone groups is 1. The van der Waals surface area contributed by atoms with Gasteiger partial charge in [0.05, 0.1) is 0 Å². The summed E-state index contributed by atoms with van der Waals surface area (Å²) in [5.74, 6) is -0.225. The molecular formula is C13H24N2O3S. The van der Waals surface area contributed by atoms with Crippen molar-refractivity contribution >= 4 is 15.7 Å². The summed E-state index contributed by atoms with van der Waals surface area (Å²) >= 11 is 0. The lowest BCUT2D eigenvalue weighted by atomic mass is 10.0. The average Bonchev–Trinajstić information content (AvgIpc) is 3.18. The lowest BCUT2D eigenvalue weighted by Crippen LogP contribution is -2.50. The Hall–Kier alpha value is -0.620. The summed E-state index contributed by atoms with van der Waals surface area (Å²) in [4.78, 5) is 14.2. The molecule has 2 fully saturated rings. The third-order valence-corrected chi connectivity index (χ3v) is 5.58. The molecule has 0 spiro atoms. The first-order chi connectivity index (χ1) is 8.89. The Morgan fingerprint density at radius 1 is 1.32 bits per heavy atom. The zero-order valence-electron chi connectivity index (χ0n) is 11.8. The van der Waals surface area contributed by atoms with Crippen molar-refractivity contribution in [2.45, 2.75) is 56.4 Å². The van der Waals surface area contributed by atoms with Crippen LogP contribution in [-0.4, -0.2) is 55.9 Å². The molecule has 19 heavy (non-hydrogen) atoms. The summed E-state index contributed by atoms with van der Waals surface area (Å²) in [6.45, 7) is 3.16. The van der Waals surface area contributed by atoms with Gasteiger partial charge in [0.15, 0.2) is 9.84 Å². The van der Waals surface area contributed by atoms with Gasteiger partial charge in [0.25, 0.3) is 0 Å². The largest absolute Gasteiger partial charge is 0.337 e. The second-order valence-corrected chi connectivity index (χ2v) is 8.21. The first-order valence-corrected chi connectivity index (χ1v) is 9.08. The van der Waals surface area contributed by atoms with Crippen LogP contribution >= 0.6 is 0 Å². The highest BCUT2D eigenvalue weighted by atomic mass is 32.2. The van der Waals surface area contributed by atoms with Gasteiger partial charge in [-0.05, 0) is 39.2 Å². The molecule has 1 aliphatic heterocycles. The molecule has 2 unspecified atom stereocenters. The van der Waals surface area contributed by atoms with Crippen molar-refractivity contribution < 1.29 is 13.2 Å². The van der Waals surface area contributed by atoms with Crippen molar-refractivity contribution in [1.82, 2.24) is 10.2 Å². The van der Waals surface area contributed by atoms with Gasteiger partial charge in [-0.25, -0.2) is 8.42 Å². The van der Waals surface area contributed by atoms with Crippen molar-refractivity contribution in [2.24, 2.45) is 0 Å². The third kappa shape index (κ3) is 3.92. The van der Waals surface area contributed by atoms with Gasteiger partial charge in [-0.2, -0.15) is 0 Å². The smallest absolute Gasteiger partial charge is 0.240 e. The second-order valence-electron chi connectivity index (χ2n) is 5.84. The van der Waals surface area contributed by atoms with E-state index >= 15 is 0 Å². The highest BCUT2D eigenvalue weighted by Gasteiger charge is 2.38. The van der Waals surface area contributed by atoms with E-state index < -0.39 is 15.1 Å². The van der Waals surface area contributed by atoms with E-state index in [1.165, 1.54) is 19.8 Å². The number of piperidine rings is 1. The molecule has 1 amide bonds. The maximum absolute atomic E-state index is 12.4. The van der Waals surface area contributed by atoms with Gasteiger partial charge in [0, 0.05) is 24.9 Å². The fourth-order valence-corrected chi connectivity index (χ4v) is 3.04. The highest BCUT2D eigenvalue weighted by molar-refractivity contribution is 7.92. The monoisotopic (exact) mass is 288 g/mol. The van der Waals surface area contributed by atoms with Crippen LogP contribution in [0.15, 0.2) is 0 Å². The number of rotatable bonds is 5. The van der Waals surface area contributed by atoms with Gasteiger partial charge in [0.2, 0.25) is 5.91 Å². The van der Waals surface area contributed by atoms with Crippen molar-refractivity contribution in [2.75, 3.05) is 19.3 Å². The first kappa shape index (κ1) is 14.8. The topological polar surface area (TPSA) is 66.5 Å². The molecule has 2 atom stereocenters. The Morgan fingerprint density at radius 2 is 2.00 bits per heavy atom. The summed E-state index contributed by atoms with van der Waals surface area (Å²) < 4.78 is 23.1. The third-order valence-electron chi connectivity index (χ3n) is 4.09. The van der Waals surface area contributed by atoms with Crippen LogP contribution in [0.5, 0.6) is 0 Å². The molecule has 0 radical (unpaired) electrons. The van der Waals surface area contributed by atoms with E-state index in [-0.39, 0.29) is 11.9 Å². The molecule has 2 rings (SSSR count). The molecule has 0 bridgehead atoms. The number of nitrogens with zero attached hydrogens (tertiary/aromatic N) is 1. The van der Waals surface area contributed by atoms with Crippen LogP contribution in [0.4, 0.5) is 0 Å². The molecule has 1 saturated carbocycles. The molecule has 1 aliphatic carbocycles. The van der Waals surface area contributed by atoms with E-state index in [1.807, 2.05) is 0 Å². The number of hydrogen-bond acceptors (Lipinski definition) is 4. The molecule has 110 valence electrons. The van der Waals surface area contributed by atoms with Gasteiger partial charge < -0.3 is 10.2 Å². The summed E-state index contributed by atoms with van der Waals surface area (Å²) in [5, 5.41) is 2.50. The minimum atomic E-state index is -3.31. The van der Waals surface area contributed by atoms with Gasteiger partial charge in [-0.3, -0.25) is 4.79 Å². The quantitative estimate of drug-likeness (QED) is 0.802. The number of amides is 1.